The molecule has 1 unspecified atom stereocenters. The molecule has 82 valence electrons. The molecule has 1 aliphatic heterocycles. The van der Waals surface area contributed by atoms with E-state index < -0.39 is 5.79 Å². The van der Waals surface area contributed by atoms with E-state index in [1.165, 1.54) is 0 Å². The van der Waals surface area contributed by atoms with Gasteiger partial charge in [0.1, 0.15) is 6.10 Å². The third-order valence-corrected chi connectivity index (χ3v) is 2.57. The monoisotopic (exact) mass is 207 g/mol. The molecule has 1 aliphatic rings. The predicted octanol–water partition coefficient (Wildman–Crippen LogP) is 1.97. The summed E-state index contributed by atoms with van der Waals surface area (Å²) in [5, 5.41) is 0. The fraction of sp³-hybridized carbons (Fsp3) is 0.500. The summed E-state index contributed by atoms with van der Waals surface area (Å²) >= 11 is 0. The van der Waals surface area contributed by atoms with Crippen molar-refractivity contribution in [2.24, 2.45) is 5.73 Å². The van der Waals surface area contributed by atoms with Crippen molar-refractivity contribution in [2.45, 2.75) is 32.3 Å². The molecular formula is C12H17NO2. The maximum Gasteiger partial charge on any atom is 0.163 e. The fourth-order valence-electron chi connectivity index (χ4n) is 1.77. The topological polar surface area (TPSA) is 44.5 Å². The average molecular weight is 207 g/mol. The molecule has 1 aromatic carbocycles. The fourth-order valence-corrected chi connectivity index (χ4v) is 1.77. The summed E-state index contributed by atoms with van der Waals surface area (Å²) in [5.74, 6) is -0.469. The van der Waals surface area contributed by atoms with Crippen molar-refractivity contribution in [1.29, 1.82) is 0 Å². The van der Waals surface area contributed by atoms with Gasteiger partial charge in [-0.2, -0.15) is 0 Å². The second-order valence-corrected chi connectivity index (χ2v) is 4.27. The number of rotatable bonds is 2. The summed E-state index contributed by atoms with van der Waals surface area (Å²) in [6, 6.07) is 8.15. The van der Waals surface area contributed by atoms with Crippen LogP contribution in [0.3, 0.4) is 0 Å². The Kier molecular flexibility index (Phi) is 2.78. The highest BCUT2D eigenvalue weighted by molar-refractivity contribution is 5.25. The van der Waals surface area contributed by atoms with Crippen molar-refractivity contribution < 1.29 is 9.47 Å². The van der Waals surface area contributed by atoms with Crippen molar-refractivity contribution in [2.75, 3.05) is 6.61 Å². The molecule has 0 aromatic heterocycles. The van der Waals surface area contributed by atoms with Gasteiger partial charge in [0.25, 0.3) is 0 Å². The van der Waals surface area contributed by atoms with E-state index in [2.05, 4.69) is 12.1 Å². The maximum absolute atomic E-state index is 5.77. The molecule has 3 heteroatoms. The van der Waals surface area contributed by atoms with Crippen LogP contribution in [-0.4, -0.2) is 12.4 Å². The SMILES string of the molecule is CC1(C)OCC(c2cccc(CN)c2)O1. The molecule has 2 N–H and O–H groups in total. The van der Waals surface area contributed by atoms with Crippen LogP contribution < -0.4 is 5.73 Å². The molecule has 2 rings (SSSR count). The zero-order valence-electron chi connectivity index (χ0n) is 9.19. The van der Waals surface area contributed by atoms with E-state index in [4.69, 9.17) is 15.2 Å². The van der Waals surface area contributed by atoms with Crippen LogP contribution in [0.25, 0.3) is 0 Å². The number of hydrogen-bond donors (Lipinski definition) is 1. The van der Waals surface area contributed by atoms with Gasteiger partial charge in [0, 0.05) is 6.54 Å². The Morgan fingerprint density at radius 3 is 2.87 bits per heavy atom. The summed E-state index contributed by atoms with van der Waals surface area (Å²) in [6.45, 7) is 5.03. The zero-order valence-corrected chi connectivity index (χ0v) is 9.19. The van der Waals surface area contributed by atoms with Crippen molar-refractivity contribution in [3.05, 3.63) is 35.4 Å². The van der Waals surface area contributed by atoms with Gasteiger partial charge in [-0.25, -0.2) is 0 Å². The molecule has 0 spiro atoms. The minimum atomic E-state index is -0.469. The number of benzene rings is 1. The molecule has 0 amide bonds. The van der Waals surface area contributed by atoms with Crippen LogP contribution in [-0.2, 0) is 16.0 Å². The summed E-state index contributed by atoms with van der Waals surface area (Å²) in [6.07, 6.45) is 0.0338. The molecule has 0 aliphatic carbocycles. The first-order valence-electron chi connectivity index (χ1n) is 5.21. The third-order valence-electron chi connectivity index (χ3n) is 2.57. The number of nitrogens with two attached hydrogens (primary N) is 1. The van der Waals surface area contributed by atoms with E-state index in [0.29, 0.717) is 13.2 Å². The van der Waals surface area contributed by atoms with Crippen molar-refractivity contribution in [1.82, 2.24) is 0 Å². The van der Waals surface area contributed by atoms with E-state index in [1.54, 1.807) is 0 Å². The van der Waals surface area contributed by atoms with Gasteiger partial charge in [-0.15, -0.1) is 0 Å². The van der Waals surface area contributed by atoms with Gasteiger partial charge >= 0.3 is 0 Å². The average Bonchev–Trinajstić information content (AvgIpc) is 2.59. The van der Waals surface area contributed by atoms with Gasteiger partial charge in [-0.1, -0.05) is 24.3 Å². The normalized spacial score (nSPS) is 24.3. The maximum atomic E-state index is 5.77. The molecule has 1 atom stereocenters. The van der Waals surface area contributed by atoms with Gasteiger partial charge in [-0.3, -0.25) is 0 Å². The lowest BCUT2D eigenvalue weighted by Gasteiger charge is -2.17. The van der Waals surface area contributed by atoms with Gasteiger partial charge < -0.3 is 15.2 Å². The summed E-state index contributed by atoms with van der Waals surface area (Å²) in [7, 11) is 0. The van der Waals surface area contributed by atoms with Crippen molar-refractivity contribution in [3.63, 3.8) is 0 Å². The second kappa shape index (κ2) is 3.93. The van der Waals surface area contributed by atoms with E-state index in [9.17, 15) is 0 Å². The Hall–Kier alpha value is -0.900. The molecule has 0 radical (unpaired) electrons. The molecule has 0 saturated carbocycles. The van der Waals surface area contributed by atoms with Crippen molar-refractivity contribution in [3.8, 4) is 0 Å². The lowest BCUT2D eigenvalue weighted by Crippen LogP contribution is -2.19. The van der Waals surface area contributed by atoms with Crippen LogP contribution in [0.1, 0.15) is 31.1 Å². The second-order valence-electron chi connectivity index (χ2n) is 4.27. The Bertz CT molecular complexity index is 349. The van der Waals surface area contributed by atoms with E-state index in [0.717, 1.165) is 11.1 Å². The smallest absolute Gasteiger partial charge is 0.163 e. The van der Waals surface area contributed by atoms with Crippen LogP contribution in [0.4, 0.5) is 0 Å². The Morgan fingerprint density at radius 2 is 2.27 bits per heavy atom. The number of ether oxygens (including phenoxy) is 2. The van der Waals surface area contributed by atoms with Gasteiger partial charge in [0.05, 0.1) is 6.61 Å². The summed E-state index contributed by atoms with van der Waals surface area (Å²) in [5.41, 5.74) is 7.87. The molecule has 3 nitrogen and oxygen atoms in total. The lowest BCUT2D eigenvalue weighted by molar-refractivity contribution is -0.139. The molecule has 0 bridgehead atoms. The molecular weight excluding hydrogens is 190 g/mol. The first kappa shape index (κ1) is 10.6. The highest BCUT2D eigenvalue weighted by Gasteiger charge is 2.33. The first-order valence-corrected chi connectivity index (χ1v) is 5.21. The van der Waals surface area contributed by atoms with E-state index >= 15 is 0 Å². The largest absolute Gasteiger partial charge is 0.347 e. The molecule has 1 heterocycles. The summed E-state index contributed by atoms with van der Waals surface area (Å²) < 4.78 is 11.3. The van der Waals surface area contributed by atoms with Crippen LogP contribution in [0.15, 0.2) is 24.3 Å². The molecule has 1 fully saturated rings. The minimum Gasteiger partial charge on any atom is -0.347 e. The first-order chi connectivity index (χ1) is 7.11. The highest BCUT2D eigenvalue weighted by atomic mass is 16.7. The highest BCUT2D eigenvalue weighted by Crippen LogP contribution is 2.32. The third kappa shape index (κ3) is 2.37. The minimum absolute atomic E-state index is 0.0338. The molecule has 1 aromatic rings. The number of hydrogen-bond acceptors (Lipinski definition) is 3. The van der Waals surface area contributed by atoms with Crippen molar-refractivity contribution >= 4 is 0 Å². The lowest BCUT2D eigenvalue weighted by atomic mass is 10.1. The van der Waals surface area contributed by atoms with Crippen LogP contribution in [0.2, 0.25) is 0 Å². The Labute approximate surface area is 90.2 Å². The molecule has 15 heavy (non-hydrogen) atoms. The predicted molar refractivity (Wildman–Crippen MR) is 58.2 cm³/mol. The Balaban J connectivity index is 2.16. The summed E-state index contributed by atoms with van der Waals surface area (Å²) in [4.78, 5) is 0. The van der Waals surface area contributed by atoms with Gasteiger partial charge in [0.2, 0.25) is 0 Å². The Morgan fingerprint density at radius 1 is 1.47 bits per heavy atom. The van der Waals surface area contributed by atoms with E-state index in [-0.39, 0.29) is 6.10 Å². The van der Waals surface area contributed by atoms with Gasteiger partial charge in [-0.05, 0) is 25.0 Å². The zero-order chi connectivity index (χ0) is 10.9. The molecule has 1 saturated heterocycles. The van der Waals surface area contributed by atoms with Crippen LogP contribution >= 0.6 is 0 Å². The van der Waals surface area contributed by atoms with Gasteiger partial charge in [0.15, 0.2) is 5.79 Å². The van der Waals surface area contributed by atoms with E-state index in [1.807, 2.05) is 26.0 Å². The van der Waals surface area contributed by atoms with Crippen LogP contribution in [0.5, 0.6) is 0 Å². The van der Waals surface area contributed by atoms with Crippen LogP contribution in [0, 0.1) is 0 Å². The quantitative estimate of drug-likeness (QED) is 0.806. The standard InChI is InChI=1S/C12H17NO2/c1-12(2)14-8-11(15-12)10-5-3-4-9(6-10)7-13/h3-6,11H,7-8,13H2,1-2H3.